The summed E-state index contributed by atoms with van der Waals surface area (Å²) in [6, 6.07) is 10.1. The molecule has 0 saturated carbocycles. The predicted molar refractivity (Wildman–Crippen MR) is 99.9 cm³/mol. The van der Waals surface area contributed by atoms with Gasteiger partial charge in [0.05, 0.1) is 12.0 Å². The molecule has 0 aliphatic rings. The lowest BCUT2D eigenvalue weighted by atomic mass is 10.0. The van der Waals surface area contributed by atoms with Crippen LogP contribution >= 0.6 is 11.3 Å². The minimum absolute atomic E-state index is 0.129. The number of aliphatic hydroxyl groups excluding tert-OH is 1. The number of ether oxygens (including phenoxy) is 1. The van der Waals surface area contributed by atoms with E-state index in [0.717, 1.165) is 15.3 Å². The molecule has 0 bridgehead atoms. The van der Waals surface area contributed by atoms with E-state index in [2.05, 4.69) is 20.2 Å². The van der Waals surface area contributed by atoms with Crippen molar-refractivity contribution in [1.82, 2.24) is 20.2 Å². The van der Waals surface area contributed by atoms with Gasteiger partial charge in [0.2, 0.25) is 0 Å². The molecule has 8 heteroatoms. The first-order chi connectivity index (χ1) is 13.2. The molecule has 3 aromatic heterocycles. The molecule has 0 saturated heterocycles. The van der Waals surface area contributed by atoms with Crippen molar-refractivity contribution in [2.75, 3.05) is 7.11 Å². The standard InChI is InChI=1S/C19H15FN4O2S/c1-26-15-3-2-12(8-14(15)20)17(25)13-9-16(11-4-6-21-7-5-11)27-18(13)19-22-10-23-24-19/h2-10,17,25H,1H3,(H,22,23,24). The van der Waals surface area contributed by atoms with Crippen molar-refractivity contribution in [1.29, 1.82) is 0 Å². The Kier molecular flexibility index (Phi) is 4.66. The zero-order chi connectivity index (χ0) is 18.8. The summed E-state index contributed by atoms with van der Waals surface area (Å²) in [5, 5.41) is 17.7. The van der Waals surface area contributed by atoms with Gasteiger partial charge in [-0.2, -0.15) is 5.10 Å². The van der Waals surface area contributed by atoms with E-state index in [1.54, 1.807) is 18.5 Å². The van der Waals surface area contributed by atoms with Gasteiger partial charge in [-0.3, -0.25) is 10.1 Å². The molecular formula is C19H15FN4O2S. The van der Waals surface area contributed by atoms with Crippen LogP contribution in [0.25, 0.3) is 21.1 Å². The molecular weight excluding hydrogens is 367 g/mol. The summed E-state index contributed by atoms with van der Waals surface area (Å²) in [5.74, 6) is 0.146. The van der Waals surface area contributed by atoms with Crippen molar-refractivity contribution in [2.45, 2.75) is 6.10 Å². The third-order valence-corrected chi connectivity index (χ3v) is 5.35. The van der Waals surface area contributed by atoms with Crippen LogP contribution in [0.4, 0.5) is 4.39 Å². The van der Waals surface area contributed by atoms with E-state index in [1.807, 2.05) is 18.2 Å². The summed E-state index contributed by atoms with van der Waals surface area (Å²) in [5.41, 5.74) is 2.01. The monoisotopic (exact) mass is 382 g/mol. The molecule has 4 rings (SSSR count). The minimum Gasteiger partial charge on any atom is -0.494 e. The van der Waals surface area contributed by atoms with Gasteiger partial charge < -0.3 is 9.84 Å². The Labute approximate surface area is 158 Å². The SMILES string of the molecule is COc1ccc(C(O)c2cc(-c3ccncc3)sc2-c2ncn[nH]2)cc1F. The molecule has 0 aliphatic heterocycles. The summed E-state index contributed by atoms with van der Waals surface area (Å²) in [6.45, 7) is 0. The summed E-state index contributed by atoms with van der Waals surface area (Å²) < 4.78 is 19.0. The van der Waals surface area contributed by atoms with E-state index in [1.165, 1.54) is 36.9 Å². The maximum Gasteiger partial charge on any atom is 0.165 e. The molecule has 0 radical (unpaired) electrons. The van der Waals surface area contributed by atoms with E-state index in [-0.39, 0.29) is 5.75 Å². The number of thiophene rings is 1. The lowest BCUT2D eigenvalue weighted by Gasteiger charge is -2.12. The van der Waals surface area contributed by atoms with Crippen LogP contribution in [-0.4, -0.2) is 32.4 Å². The second-order valence-electron chi connectivity index (χ2n) is 5.76. The second kappa shape index (κ2) is 7.26. The van der Waals surface area contributed by atoms with E-state index >= 15 is 0 Å². The predicted octanol–water partition coefficient (Wildman–Crippen LogP) is 3.82. The van der Waals surface area contributed by atoms with E-state index in [9.17, 15) is 9.50 Å². The second-order valence-corrected chi connectivity index (χ2v) is 6.81. The first-order valence-electron chi connectivity index (χ1n) is 8.08. The van der Waals surface area contributed by atoms with Crippen molar-refractivity contribution in [2.24, 2.45) is 0 Å². The molecule has 6 nitrogen and oxygen atoms in total. The highest BCUT2D eigenvalue weighted by Gasteiger charge is 2.22. The van der Waals surface area contributed by atoms with Gasteiger partial charge in [0.15, 0.2) is 17.4 Å². The lowest BCUT2D eigenvalue weighted by molar-refractivity contribution is 0.220. The third kappa shape index (κ3) is 3.32. The molecule has 1 aromatic carbocycles. The fourth-order valence-corrected chi connectivity index (χ4v) is 3.94. The Bertz CT molecular complexity index is 1050. The van der Waals surface area contributed by atoms with Crippen molar-refractivity contribution in [3.05, 3.63) is 72.1 Å². The van der Waals surface area contributed by atoms with Crippen LogP contribution in [0.15, 0.2) is 55.1 Å². The zero-order valence-corrected chi connectivity index (χ0v) is 15.1. The number of nitrogens with zero attached hydrogens (tertiary/aromatic N) is 3. The smallest absolute Gasteiger partial charge is 0.165 e. The zero-order valence-electron chi connectivity index (χ0n) is 14.3. The maximum atomic E-state index is 14.1. The first-order valence-corrected chi connectivity index (χ1v) is 8.90. The number of methoxy groups -OCH3 is 1. The molecule has 136 valence electrons. The van der Waals surface area contributed by atoms with Crippen LogP contribution < -0.4 is 4.74 Å². The van der Waals surface area contributed by atoms with Gasteiger partial charge in [-0.05, 0) is 41.5 Å². The molecule has 0 spiro atoms. The Morgan fingerprint density at radius 2 is 2.00 bits per heavy atom. The molecule has 1 unspecified atom stereocenters. The van der Waals surface area contributed by atoms with E-state index in [4.69, 9.17) is 4.74 Å². The molecule has 1 atom stereocenters. The number of aromatic nitrogens is 4. The summed E-state index contributed by atoms with van der Waals surface area (Å²) in [4.78, 5) is 9.91. The highest BCUT2D eigenvalue weighted by atomic mass is 32.1. The van der Waals surface area contributed by atoms with E-state index < -0.39 is 11.9 Å². The normalized spacial score (nSPS) is 12.1. The largest absolute Gasteiger partial charge is 0.494 e. The van der Waals surface area contributed by atoms with Gasteiger partial charge in [-0.15, -0.1) is 11.3 Å². The number of aromatic amines is 1. The van der Waals surface area contributed by atoms with Crippen LogP contribution in [0.3, 0.4) is 0 Å². The highest BCUT2D eigenvalue weighted by Crippen LogP contribution is 2.41. The van der Waals surface area contributed by atoms with Crippen LogP contribution in [0.5, 0.6) is 5.75 Å². The van der Waals surface area contributed by atoms with Gasteiger partial charge in [0, 0.05) is 22.8 Å². The van der Waals surface area contributed by atoms with Gasteiger partial charge in [0.25, 0.3) is 0 Å². The Balaban J connectivity index is 1.81. The fraction of sp³-hybridized carbons (Fsp3) is 0.105. The molecule has 0 fully saturated rings. The number of H-pyrrole nitrogens is 1. The van der Waals surface area contributed by atoms with Crippen LogP contribution in [0, 0.1) is 5.82 Å². The Morgan fingerprint density at radius 3 is 2.67 bits per heavy atom. The fourth-order valence-electron chi connectivity index (χ4n) is 2.80. The number of hydrogen-bond acceptors (Lipinski definition) is 6. The van der Waals surface area contributed by atoms with Crippen LogP contribution in [0.2, 0.25) is 0 Å². The molecule has 27 heavy (non-hydrogen) atoms. The van der Waals surface area contributed by atoms with Gasteiger partial charge in [-0.25, -0.2) is 9.37 Å². The maximum absolute atomic E-state index is 14.1. The number of nitrogens with one attached hydrogen (secondary N) is 1. The van der Waals surface area contributed by atoms with Crippen molar-refractivity contribution >= 4 is 11.3 Å². The Morgan fingerprint density at radius 1 is 1.19 bits per heavy atom. The number of aliphatic hydroxyl groups is 1. The summed E-state index contributed by atoms with van der Waals surface area (Å²) >= 11 is 1.47. The van der Waals surface area contributed by atoms with Crippen molar-refractivity contribution < 1.29 is 14.2 Å². The Hall–Kier alpha value is -3.10. The molecule has 2 N–H and O–H groups in total. The van der Waals surface area contributed by atoms with Gasteiger partial charge in [0.1, 0.15) is 12.4 Å². The molecule has 3 heterocycles. The number of hydrogen-bond donors (Lipinski definition) is 2. The quantitative estimate of drug-likeness (QED) is 0.548. The number of benzene rings is 1. The topological polar surface area (TPSA) is 83.9 Å². The number of pyridine rings is 1. The van der Waals surface area contributed by atoms with Crippen LogP contribution in [0.1, 0.15) is 17.2 Å². The van der Waals surface area contributed by atoms with Gasteiger partial charge >= 0.3 is 0 Å². The summed E-state index contributed by atoms with van der Waals surface area (Å²) in [7, 11) is 1.40. The molecule has 0 aliphatic carbocycles. The van der Waals surface area contributed by atoms with E-state index in [0.29, 0.717) is 17.0 Å². The third-order valence-electron chi connectivity index (χ3n) is 4.14. The van der Waals surface area contributed by atoms with Gasteiger partial charge in [-0.1, -0.05) is 6.07 Å². The van der Waals surface area contributed by atoms with Crippen LogP contribution in [-0.2, 0) is 0 Å². The van der Waals surface area contributed by atoms with Crippen molar-refractivity contribution in [3.63, 3.8) is 0 Å². The number of halogens is 1. The molecule has 4 aromatic rings. The lowest BCUT2D eigenvalue weighted by Crippen LogP contribution is -2.01. The highest BCUT2D eigenvalue weighted by molar-refractivity contribution is 7.19. The number of rotatable bonds is 5. The van der Waals surface area contributed by atoms with Crippen molar-refractivity contribution in [3.8, 4) is 26.9 Å². The average molecular weight is 382 g/mol. The molecule has 0 amide bonds. The summed E-state index contributed by atoms with van der Waals surface area (Å²) in [6.07, 6.45) is 3.79. The minimum atomic E-state index is -1.03. The first kappa shape index (κ1) is 17.3. The average Bonchev–Trinajstić information content (AvgIpc) is 3.37.